The van der Waals surface area contributed by atoms with Crippen molar-refractivity contribution in [1.82, 2.24) is 5.32 Å². The van der Waals surface area contributed by atoms with Crippen LogP contribution in [0.3, 0.4) is 0 Å². The van der Waals surface area contributed by atoms with Crippen molar-refractivity contribution in [3.8, 4) is 0 Å². The van der Waals surface area contributed by atoms with Crippen LogP contribution in [0.25, 0.3) is 0 Å². The molecule has 0 amide bonds. The largest absolute Gasteiger partial charge is 1.00 e. The van der Waals surface area contributed by atoms with Crippen LogP contribution in [0, 0.1) is 0 Å². The Kier molecular flexibility index (Phi) is 20.8. The molecule has 7 heteroatoms. The van der Waals surface area contributed by atoms with Crippen LogP contribution in [0.5, 0.6) is 0 Å². The van der Waals surface area contributed by atoms with E-state index < -0.39 is 0 Å². The Morgan fingerprint density at radius 2 is 1.78 bits per heavy atom. The molecule has 4 nitrogen and oxygen atoms in total. The number of alkyl halides is 2. The second-order valence-corrected chi connectivity index (χ2v) is 5.01. The zero-order valence-corrected chi connectivity index (χ0v) is 14.0. The first kappa shape index (κ1) is 23.8. The molecule has 1 rings (SSSR count). The summed E-state index contributed by atoms with van der Waals surface area (Å²) >= 11 is 10.9. The molecule has 1 saturated heterocycles. The number of epoxide rings is 1. The highest BCUT2D eigenvalue weighted by Gasteiger charge is 2.19. The summed E-state index contributed by atoms with van der Waals surface area (Å²) < 4.78 is 5.51. The SMILES string of the molecule is CNC.C[N+](C)(CCl)CCCO.ClCC1CO1.[Cl-]. The van der Waals surface area contributed by atoms with E-state index in [1.807, 2.05) is 28.2 Å². The Bertz CT molecular complexity index is 159. The third-order valence-electron chi connectivity index (χ3n) is 1.82. The van der Waals surface area contributed by atoms with Crippen LogP contribution >= 0.6 is 23.2 Å². The number of rotatable bonds is 5. The summed E-state index contributed by atoms with van der Waals surface area (Å²) in [6.45, 7) is 2.09. The van der Waals surface area contributed by atoms with Crippen LogP contribution < -0.4 is 17.7 Å². The summed E-state index contributed by atoms with van der Waals surface area (Å²) in [5.41, 5.74) is 0. The molecule has 0 saturated carbocycles. The number of halogens is 3. The number of nitrogens with one attached hydrogen (secondary N) is 1. The van der Waals surface area contributed by atoms with E-state index in [1.54, 1.807) is 0 Å². The number of nitrogens with zero attached hydrogens (tertiary/aromatic N) is 1. The van der Waals surface area contributed by atoms with Gasteiger partial charge in [-0.3, -0.25) is 0 Å². The normalized spacial score (nSPS) is 16.5. The van der Waals surface area contributed by atoms with Gasteiger partial charge in [0.15, 0.2) is 6.00 Å². The minimum Gasteiger partial charge on any atom is -1.00 e. The first-order valence-corrected chi connectivity index (χ1v) is 6.79. The molecule has 1 fully saturated rings. The molecular weight excluding hydrogens is 298 g/mol. The van der Waals surface area contributed by atoms with Crippen molar-refractivity contribution in [1.29, 1.82) is 0 Å². The Balaban J connectivity index is -0.000000211. The summed E-state index contributed by atoms with van der Waals surface area (Å²) in [7, 11) is 7.84. The van der Waals surface area contributed by atoms with Gasteiger partial charge in [-0.15, -0.1) is 11.6 Å². The van der Waals surface area contributed by atoms with E-state index in [2.05, 4.69) is 5.32 Å². The maximum Gasteiger partial charge on any atom is 0.154 e. The highest BCUT2D eigenvalue weighted by atomic mass is 35.5. The predicted molar refractivity (Wildman–Crippen MR) is 74.8 cm³/mol. The van der Waals surface area contributed by atoms with E-state index in [9.17, 15) is 0 Å². The first-order chi connectivity index (χ1) is 7.97. The average Bonchev–Trinajstić information content (AvgIpc) is 3.12. The van der Waals surface area contributed by atoms with Crippen LogP contribution in [-0.2, 0) is 4.74 Å². The first-order valence-electron chi connectivity index (χ1n) is 5.72. The van der Waals surface area contributed by atoms with Gasteiger partial charge < -0.3 is 32.1 Å². The lowest BCUT2D eigenvalue weighted by Gasteiger charge is -2.26. The van der Waals surface area contributed by atoms with E-state index in [-0.39, 0.29) is 19.0 Å². The molecule has 1 unspecified atom stereocenters. The molecule has 0 aromatic carbocycles. The molecule has 0 spiro atoms. The van der Waals surface area contributed by atoms with Crippen molar-refractivity contribution in [2.24, 2.45) is 0 Å². The minimum atomic E-state index is 0. The average molecular weight is 326 g/mol. The minimum absolute atomic E-state index is 0. The molecule has 0 aromatic heterocycles. The third kappa shape index (κ3) is 21.9. The summed E-state index contributed by atoms with van der Waals surface area (Å²) in [5.74, 6) is 0.667. The number of ether oxygens (including phenoxy) is 1. The molecule has 1 aliphatic rings. The van der Waals surface area contributed by atoms with Gasteiger partial charge in [-0.1, -0.05) is 11.6 Å². The third-order valence-corrected chi connectivity index (χ3v) is 2.81. The molecule has 0 aromatic rings. The van der Waals surface area contributed by atoms with E-state index in [0.717, 1.165) is 24.1 Å². The van der Waals surface area contributed by atoms with Gasteiger partial charge in [-0.25, -0.2) is 0 Å². The summed E-state index contributed by atoms with van der Waals surface area (Å²) in [4.78, 5) is 0. The monoisotopic (exact) mass is 324 g/mol. The van der Waals surface area contributed by atoms with Crippen LogP contribution in [0.4, 0.5) is 0 Å². The Labute approximate surface area is 128 Å². The summed E-state index contributed by atoms with van der Waals surface area (Å²) in [6.07, 6.45) is 1.23. The second kappa shape index (κ2) is 15.8. The molecule has 0 radical (unpaired) electrons. The van der Waals surface area contributed by atoms with Crippen molar-refractivity contribution < 1.29 is 26.7 Å². The molecule has 18 heavy (non-hydrogen) atoms. The van der Waals surface area contributed by atoms with E-state index in [4.69, 9.17) is 33.0 Å². The van der Waals surface area contributed by atoms with Crippen molar-refractivity contribution >= 4 is 23.2 Å². The Morgan fingerprint density at radius 1 is 1.33 bits per heavy atom. The van der Waals surface area contributed by atoms with Crippen LogP contribution in [-0.4, -0.2) is 75.5 Å². The molecule has 1 atom stereocenters. The maximum absolute atomic E-state index is 8.47. The lowest BCUT2D eigenvalue weighted by molar-refractivity contribution is -0.879. The van der Waals surface area contributed by atoms with Crippen molar-refractivity contribution in [3.63, 3.8) is 0 Å². The van der Waals surface area contributed by atoms with Gasteiger partial charge in [0, 0.05) is 13.0 Å². The van der Waals surface area contributed by atoms with E-state index >= 15 is 0 Å². The van der Waals surface area contributed by atoms with Gasteiger partial charge >= 0.3 is 0 Å². The van der Waals surface area contributed by atoms with Crippen molar-refractivity contribution in [3.05, 3.63) is 0 Å². The predicted octanol–water partition coefficient (Wildman–Crippen LogP) is -1.89. The molecule has 1 aliphatic heterocycles. The van der Waals surface area contributed by atoms with Gasteiger partial charge in [0.2, 0.25) is 0 Å². The fourth-order valence-corrected chi connectivity index (χ4v) is 1.01. The van der Waals surface area contributed by atoms with Gasteiger partial charge in [-0.2, -0.15) is 0 Å². The van der Waals surface area contributed by atoms with E-state index in [0.29, 0.717) is 18.0 Å². The lowest BCUT2D eigenvalue weighted by atomic mass is 10.4. The van der Waals surface area contributed by atoms with Crippen LogP contribution in [0.15, 0.2) is 0 Å². The molecule has 1 heterocycles. The maximum atomic E-state index is 8.47. The van der Waals surface area contributed by atoms with Gasteiger partial charge in [0.05, 0.1) is 39.2 Å². The number of hydrogen-bond donors (Lipinski definition) is 2. The number of hydrogen-bond acceptors (Lipinski definition) is 3. The van der Waals surface area contributed by atoms with Crippen LogP contribution in [0.1, 0.15) is 6.42 Å². The standard InChI is InChI=1S/C6H15ClNO.C3H5ClO.C2H7N.ClH/c1-8(2,6-7)4-3-5-9;4-1-3-2-5-3;1-3-2;/h9H,3-6H2,1-2H3;3H,1-2H2;3H,1-2H3;1H/q+1;;;/p-1. The lowest BCUT2D eigenvalue weighted by Crippen LogP contribution is -3.00. The van der Waals surface area contributed by atoms with Gasteiger partial charge in [0.25, 0.3) is 0 Å². The summed E-state index contributed by atoms with van der Waals surface area (Å²) in [6, 6.07) is 0.611. The fraction of sp³-hybridized carbons (Fsp3) is 1.00. The van der Waals surface area contributed by atoms with Gasteiger partial charge in [0.1, 0.15) is 0 Å². The van der Waals surface area contributed by atoms with Crippen molar-refractivity contribution in [2.45, 2.75) is 12.5 Å². The molecule has 2 N–H and O–H groups in total. The Morgan fingerprint density at radius 3 is 1.94 bits per heavy atom. The second-order valence-electron chi connectivity index (χ2n) is 4.47. The topological polar surface area (TPSA) is 44.8 Å². The fourth-order valence-electron chi connectivity index (χ4n) is 0.716. The molecule has 114 valence electrons. The number of aliphatic hydroxyl groups is 1. The van der Waals surface area contributed by atoms with E-state index in [1.165, 1.54) is 0 Å². The highest BCUT2D eigenvalue weighted by molar-refractivity contribution is 6.18. The van der Waals surface area contributed by atoms with Gasteiger partial charge in [-0.05, 0) is 14.1 Å². The summed E-state index contributed by atoms with van der Waals surface area (Å²) in [5, 5.41) is 11.2. The molecule has 0 aliphatic carbocycles. The Hall–Kier alpha value is 0.710. The van der Waals surface area contributed by atoms with Crippen LogP contribution in [0.2, 0.25) is 0 Å². The van der Waals surface area contributed by atoms with Crippen molar-refractivity contribution in [2.75, 3.05) is 59.8 Å². The zero-order chi connectivity index (χ0) is 13.7. The smallest absolute Gasteiger partial charge is 0.154 e. The molecule has 0 bridgehead atoms. The molecular formula is C11H27Cl3N2O2. The quantitative estimate of drug-likeness (QED) is 0.269. The number of quaternary nitrogens is 1. The highest BCUT2D eigenvalue weighted by Crippen LogP contribution is 2.08. The number of aliphatic hydroxyl groups excluding tert-OH is 1. The zero-order valence-electron chi connectivity index (χ0n) is 11.8.